The van der Waals surface area contributed by atoms with Crippen LogP contribution in [0, 0.1) is 10.1 Å². The Morgan fingerprint density at radius 2 is 2.16 bits per heavy atom. The molecule has 3 aromatic rings. The summed E-state index contributed by atoms with van der Waals surface area (Å²) < 4.78 is 8.56. The molecule has 1 amide bonds. The van der Waals surface area contributed by atoms with Gasteiger partial charge in [-0.1, -0.05) is 11.3 Å². The molecule has 10 heteroatoms. The lowest BCUT2D eigenvalue weighted by Gasteiger charge is -2.04. The van der Waals surface area contributed by atoms with E-state index in [2.05, 4.69) is 20.9 Å². The van der Waals surface area contributed by atoms with Gasteiger partial charge in [0, 0.05) is 25.8 Å². The van der Waals surface area contributed by atoms with Crippen LogP contribution < -0.4 is 4.80 Å². The van der Waals surface area contributed by atoms with Crippen LogP contribution in [-0.4, -0.2) is 29.1 Å². The molecule has 0 aliphatic carbocycles. The summed E-state index contributed by atoms with van der Waals surface area (Å²) >= 11 is 5.95. The monoisotopic (exact) mass is 441 g/mol. The maximum absolute atomic E-state index is 12.4. The van der Waals surface area contributed by atoms with Crippen molar-refractivity contribution in [2.75, 3.05) is 13.7 Å². The average Bonchev–Trinajstić information content (AvgIpc) is 3.15. The number of aromatic nitrogens is 1. The van der Waals surface area contributed by atoms with E-state index in [-0.39, 0.29) is 11.6 Å². The van der Waals surface area contributed by atoms with Crippen molar-refractivity contribution in [2.24, 2.45) is 4.99 Å². The Morgan fingerprint density at radius 3 is 2.80 bits per heavy atom. The van der Waals surface area contributed by atoms with Gasteiger partial charge < -0.3 is 9.30 Å². The van der Waals surface area contributed by atoms with Gasteiger partial charge in [0.15, 0.2) is 4.80 Å². The van der Waals surface area contributed by atoms with Crippen molar-refractivity contribution in [3.63, 3.8) is 0 Å². The first-order chi connectivity index (χ1) is 12.0. The van der Waals surface area contributed by atoms with Gasteiger partial charge in [0.1, 0.15) is 0 Å². The van der Waals surface area contributed by atoms with Gasteiger partial charge in [0.2, 0.25) is 0 Å². The van der Waals surface area contributed by atoms with Crippen molar-refractivity contribution in [1.82, 2.24) is 4.57 Å². The summed E-state index contributed by atoms with van der Waals surface area (Å²) in [6.07, 6.45) is 0. The summed E-state index contributed by atoms with van der Waals surface area (Å²) in [5.41, 5.74) is 0.659. The largest absolute Gasteiger partial charge is 0.383 e. The Kier molecular flexibility index (Phi) is 5.42. The fourth-order valence-corrected chi connectivity index (χ4v) is 4.53. The van der Waals surface area contributed by atoms with Gasteiger partial charge in [-0.3, -0.25) is 14.9 Å². The van der Waals surface area contributed by atoms with Crippen LogP contribution in [0.4, 0.5) is 5.69 Å². The van der Waals surface area contributed by atoms with E-state index in [0.717, 1.165) is 8.49 Å². The van der Waals surface area contributed by atoms with Gasteiger partial charge in [-0.2, -0.15) is 4.99 Å². The van der Waals surface area contributed by atoms with E-state index < -0.39 is 4.92 Å². The van der Waals surface area contributed by atoms with E-state index in [1.165, 1.54) is 34.8 Å². The molecule has 0 fully saturated rings. The van der Waals surface area contributed by atoms with E-state index in [0.29, 0.717) is 28.3 Å². The second-order valence-electron chi connectivity index (χ2n) is 4.96. The van der Waals surface area contributed by atoms with Gasteiger partial charge in [-0.15, -0.1) is 11.3 Å². The van der Waals surface area contributed by atoms with Gasteiger partial charge in [0.25, 0.3) is 11.6 Å². The van der Waals surface area contributed by atoms with Crippen LogP contribution in [0.5, 0.6) is 0 Å². The Balaban J connectivity index is 2.14. The van der Waals surface area contributed by atoms with Crippen molar-refractivity contribution in [3.05, 3.63) is 53.9 Å². The van der Waals surface area contributed by atoms with Gasteiger partial charge in [-0.25, -0.2) is 0 Å². The van der Waals surface area contributed by atoms with Crippen LogP contribution in [-0.2, 0) is 11.3 Å². The molecule has 25 heavy (non-hydrogen) atoms. The molecule has 0 atom stereocenters. The van der Waals surface area contributed by atoms with Gasteiger partial charge >= 0.3 is 0 Å². The first kappa shape index (κ1) is 17.9. The molecule has 0 unspecified atom stereocenters. The summed E-state index contributed by atoms with van der Waals surface area (Å²) in [6.45, 7) is 0.846. The average molecular weight is 442 g/mol. The lowest BCUT2D eigenvalue weighted by molar-refractivity contribution is -0.384. The first-order valence-corrected chi connectivity index (χ1v) is 9.53. The lowest BCUT2D eigenvalue weighted by atomic mass is 10.3. The molecule has 0 bridgehead atoms. The van der Waals surface area contributed by atoms with Crippen molar-refractivity contribution in [1.29, 1.82) is 0 Å². The molecule has 2 aromatic heterocycles. The van der Waals surface area contributed by atoms with Crippen LogP contribution in [0.3, 0.4) is 0 Å². The Bertz CT molecular complexity index is 1020. The normalized spacial score (nSPS) is 12.0. The van der Waals surface area contributed by atoms with E-state index in [1.807, 2.05) is 0 Å². The number of rotatable bonds is 5. The molecule has 1 aromatic carbocycles. The number of amides is 1. The summed E-state index contributed by atoms with van der Waals surface area (Å²) in [4.78, 5) is 28.2. The number of thiazole rings is 1. The fourth-order valence-electron chi connectivity index (χ4n) is 2.23. The maximum Gasteiger partial charge on any atom is 0.289 e. The molecule has 0 radical (unpaired) electrons. The topological polar surface area (TPSA) is 86.7 Å². The van der Waals surface area contributed by atoms with Crippen LogP contribution in [0.15, 0.2) is 39.1 Å². The lowest BCUT2D eigenvalue weighted by Crippen LogP contribution is -2.19. The van der Waals surface area contributed by atoms with Crippen molar-refractivity contribution < 1.29 is 14.5 Å². The van der Waals surface area contributed by atoms with E-state index in [4.69, 9.17) is 4.74 Å². The zero-order chi connectivity index (χ0) is 18.0. The van der Waals surface area contributed by atoms with Crippen molar-refractivity contribution >= 4 is 60.4 Å². The second-order valence-corrected chi connectivity index (χ2v) is 8.43. The number of carbonyl (C=O) groups excluding carboxylic acids is 1. The molecule has 0 aliphatic heterocycles. The summed E-state index contributed by atoms with van der Waals surface area (Å²) in [6, 6.07) is 8.11. The SMILES string of the molecule is COCCn1c(=NC(=O)c2ccc(Br)s2)sc2ccc([N+](=O)[O-])cc21. The molecule has 130 valence electrons. The molecule has 0 aliphatic rings. The number of benzene rings is 1. The molecular formula is C15H12BrN3O4S2. The highest BCUT2D eigenvalue weighted by Crippen LogP contribution is 2.24. The predicted octanol–water partition coefficient (Wildman–Crippen LogP) is 3.82. The minimum absolute atomic E-state index is 0.00321. The molecule has 7 nitrogen and oxygen atoms in total. The molecule has 0 spiro atoms. The highest BCUT2D eigenvalue weighted by molar-refractivity contribution is 9.11. The number of thiophene rings is 1. The minimum Gasteiger partial charge on any atom is -0.383 e. The third-order valence-electron chi connectivity index (χ3n) is 3.38. The zero-order valence-electron chi connectivity index (χ0n) is 13.0. The van der Waals surface area contributed by atoms with Crippen LogP contribution in [0.25, 0.3) is 10.2 Å². The molecule has 0 saturated heterocycles. The number of hydrogen-bond acceptors (Lipinski definition) is 6. The summed E-state index contributed by atoms with van der Waals surface area (Å²) in [5, 5.41) is 11.0. The van der Waals surface area contributed by atoms with Crippen LogP contribution in [0.1, 0.15) is 9.67 Å². The van der Waals surface area contributed by atoms with E-state index >= 15 is 0 Å². The van der Waals surface area contributed by atoms with Crippen LogP contribution >= 0.6 is 38.6 Å². The van der Waals surface area contributed by atoms with Gasteiger partial charge in [-0.05, 0) is 34.1 Å². The maximum atomic E-state index is 12.4. The van der Waals surface area contributed by atoms with E-state index in [1.54, 1.807) is 29.9 Å². The minimum atomic E-state index is -0.442. The molecule has 0 saturated carbocycles. The second kappa shape index (κ2) is 7.56. The Labute approximate surface area is 158 Å². The number of ether oxygens (including phenoxy) is 1. The number of carbonyl (C=O) groups is 1. The highest BCUT2D eigenvalue weighted by Gasteiger charge is 2.14. The van der Waals surface area contributed by atoms with Crippen molar-refractivity contribution in [3.8, 4) is 0 Å². The number of non-ortho nitro benzene ring substituents is 1. The number of halogens is 1. The summed E-state index contributed by atoms with van der Waals surface area (Å²) in [5.74, 6) is -0.345. The number of nitro groups is 1. The Morgan fingerprint density at radius 1 is 1.36 bits per heavy atom. The highest BCUT2D eigenvalue weighted by atomic mass is 79.9. The smallest absolute Gasteiger partial charge is 0.289 e. The number of nitro benzene ring substituents is 1. The molecule has 0 N–H and O–H groups in total. The molecule has 2 heterocycles. The summed E-state index contributed by atoms with van der Waals surface area (Å²) in [7, 11) is 1.57. The third kappa shape index (κ3) is 3.87. The number of fused-ring (bicyclic) bond motifs is 1. The number of hydrogen-bond donors (Lipinski definition) is 0. The first-order valence-electron chi connectivity index (χ1n) is 7.10. The van der Waals surface area contributed by atoms with Crippen LogP contribution in [0.2, 0.25) is 0 Å². The van der Waals surface area contributed by atoms with Gasteiger partial charge in [0.05, 0.1) is 30.4 Å². The fraction of sp³-hybridized carbons (Fsp3) is 0.200. The standard InChI is InChI=1S/C15H12BrN3O4S2/c1-23-7-6-18-10-8-9(19(21)22)2-3-11(10)25-15(18)17-14(20)12-4-5-13(16)24-12/h2-5,8H,6-7H2,1H3. The Hall–Kier alpha value is -1.88. The predicted molar refractivity (Wildman–Crippen MR) is 100 cm³/mol. The number of methoxy groups -OCH3 is 1. The number of nitrogens with zero attached hydrogens (tertiary/aromatic N) is 3. The van der Waals surface area contributed by atoms with Crippen molar-refractivity contribution in [2.45, 2.75) is 6.54 Å². The van der Waals surface area contributed by atoms with E-state index in [9.17, 15) is 14.9 Å². The zero-order valence-corrected chi connectivity index (χ0v) is 16.2. The molecular weight excluding hydrogens is 430 g/mol. The molecule has 3 rings (SSSR count). The third-order valence-corrected chi connectivity index (χ3v) is 6.05. The quantitative estimate of drug-likeness (QED) is 0.444.